The van der Waals surface area contributed by atoms with Crippen molar-refractivity contribution >= 4 is 23.7 Å². The first-order chi connectivity index (χ1) is 25.1. The van der Waals surface area contributed by atoms with Crippen LogP contribution in [0.5, 0.6) is 0 Å². The van der Waals surface area contributed by atoms with E-state index in [4.69, 9.17) is 9.84 Å². The number of hydrogen-bond donors (Lipinski definition) is 1. The number of benzene rings is 2. The molecule has 1 saturated heterocycles. The van der Waals surface area contributed by atoms with E-state index in [-0.39, 0.29) is 37.4 Å². The van der Waals surface area contributed by atoms with Gasteiger partial charge in [0, 0.05) is 43.9 Å². The molecule has 3 atom stereocenters. The van der Waals surface area contributed by atoms with Crippen molar-refractivity contribution in [2.75, 3.05) is 31.1 Å². The summed E-state index contributed by atoms with van der Waals surface area (Å²) in [4.78, 5) is 45.6. The molecule has 0 bridgehead atoms. The van der Waals surface area contributed by atoms with E-state index < -0.39 is 59.3 Å². The quantitative estimate of drug-likeness (QED) is 0.264. The molecule has 13 nitrogen and oxygen atoms in total. The molecule has 17 heteroatoms. The van der Waals surface area contributed by atoms with Gasteiger partial charge in [0.25, 0.3) is 11.8 Å². The second-order valence-corrected chi connectivity index (χ2v) is 13.6. The molecule has 0 saturated carbocycles. The Morgan fingerprint density at radius 3 is 2.32 bits per heavy atom. The highest BCUT2D eigenvalue weighted by Gasteiger charge is 2.47. The Hall–Kier alpha value is -5.76. The van der Waals surface area contributed by atoms with Crippen LogP contribution in [-0.2, 0) is 22.4 Å². The molecule has 0 unspecified atom stereocenters. The zero-order valence-electron chi connectivity index (χ0n) is 29.3. The van der Waals surface area contributed by atoms with Crippen LogP contribution in [0.1, 0.15) is 60.9 Å². The molecular weight excluding hydrogens is 698 g/mol. The SMILES string of the molecule is CCN1C(=O)[C@@H](NC(=O)c2ccn(C(F)(F)F)n2)[C@@H](c2ccc(F)cc2)c2c(CN3CCN(C(=O)OC(C)(C)C)C[C@H]3C#N)nn(-c3ccccc3)c21. The molecule has 4 aromatic rings. The topological polar surface area (TPSA) is 142 Å². The minimum Gasteiger partial charge on any atom is -0.444 e. The lowest BCUT2D eigenvalue weighted by Gasteiger charge is -2.40. The summed E-state index contributed by atoms with van der Waals surface area (Å²) in [5.41, 5.74) is 0.632. The number of nitrogens with zero attached hydrogens (tertiary/aromatic N) is 8. The van der Waals surface area contributed by atoms with E-state index >= 15 is 0 Å². The van der Waals surface area contributed by atoms with E-state index in [0.29, 0.717) is 34.5 Å². The summed E-state index contributed by atoms with van der Waals surface area (Å²) < 4.78 is 61.2. The van der Waals surface area contributed by atoms with Crippen molar-refractivity contribution in [3.8, 4) is 11.8 Å². The minimum absolute atomic E-state index is 0.0528. The summed E-state index contributed by atoms with van der Waals surface area (Å²) in [6.45, 7) is 7.74. The zero-order chi connectivity index (χ0) is 38.2. The zero-order valence-corrected chi connectivity index (χ0v) is 29.3. The van der Waals surface area contributed by atoms with Crippen molar-refractivity contribution in [1.82, 2.24) is 34.7 Å². The van der Waals surface area contributed by atoms with Crippen molar-refractivity contribution < 1.29 is 36.7 Å². The number of likely N-dealkylation sites (N-methyl/N-ethyl adjacent to an activating group) is 1. The largest absolute Gasteiger partial charge is 0.504 e. The van der Waals surface area contributed by atoms with Gasteiger partial charge in [-0.15, -0.1) is 13.2 Å². The van der Waals surface area contributed by atoms with Gasteiger partial charge in [0.15, 0.2) is 0 Å². The van der Waals surface area contributed by atoms with Crippen molar-refractivity contribution in [2.24, 2.45) is 0 Å². The van der Waals surface area contributed by atoms with E-state index in [1.807, 2.05) is 11.0 Å². The molecular formula is C36H37F4N9O4. The summed E-state index contributed by atoms with van der Waals surface area (Å²) >= 11 is 0. The van der Waals surface area contributed by atoms with Crippen LogP contribution < -0.4 is 10.2 Å². The van der Waals surface area contributed by atoms with Crippen LogP contribution in [-0.4, -0.2) is 91.1 Å². The molecule has 278 valence electrons. The summed E-state index contributed by atoms with van der Waals surface area (Å²) in [6.07, 6.45) is -4.82. The number of carbonyl (C=O) groups excluding carboxylic acids is 3. The van der Waals surface area contributed by atoms with Crippen LogP contribution in [0.25, 0.3) is 5.69 Å². The van der Waals surface area contributed by atoms with E-state index in [2.05, 4.69) is 16.5 Å². The van der Waals surface area contributed by atoms with Crippen LogP contribution in [0.2, 0.25) is 0 Å². The average Bonchev–Trinajstić information content (AvgIpc) is 3.76. The summed E-state index contributed by atoms with van der Waals surface area (Å²) in [7, 11) is 0. The third-order valence-corrected chi connectivity index (χ3v) is 8.96. The number of para-hydroxylation sites is 1. The van der Waals surface area contributed by atoms with E-state index in [0.717, 1.165) is 6.07 Å². The van der Waals surface area contributed by atoms with Crippen LogP contribution in [0.15, 0.2) is 66.9 Å². The van der Waals surface area contributed by atoms with Crippen LogP contribution in [0.3, 0.4) is 0 Å². The number of ether oxygens (including phenoxy) is 1. The van der Waals surface area contributed by atoms with Crippen LogP contribution in [0, 0.1) is 17.1 Å². The van der Waals surface area contributed by atoms with Crippen molar-refractivity contribution in [1.29, 1.82) is 5.26 Å². The van der Waals surface area contributed by atoms with Gasteiger partial charge in [-0.05, 0) is 63.6 Å². The molecule has 0 aliphatic carbocycles. The number of nitriles is 1. The summed E-state index contributed by atoms with van der Waals surface area (Å²) in [6, 6.07) is 15.4. The lowest BCUT2D eigenvalue weighted by molar-refractivity contribution is -0.212. The maximum absolute atomic E-state index is 14.5. The Labute approximate surface area is 302 Å². The predicted octanol–water partition coefficient (Wildman–Crippen LogP) is 4.93. The molecule has 1 N–H and O–H groups in total. The fourth-order valence-electron chi connectivity index (χ4n) is 6.59. The van der Waals surface area contributed by atoms with Crippen molar-refractivity contribution in [2.45, 2.75) is 64.1 Å². The maximum Gasteiger partial charge on any atom is 0.504 e. The van der Waals surface area contributed by atoms with Gasteiger partial charge >= 0.3 is 12.4 Å². The van der Waals surface area contributed by atoms with Crippen molar-refractivity contribution in [3.63, 3.8) is 0 Å². The van der Waals surface area contributed by atoms with Crippen molar-refractivity contribution in [3.05, 3.63) is 95.2 Å². The van der Waals surface area contributed by atoms with Gasteiger partial charge < -0.3 is 15.0 Å². The monoisotopic (exact) mass is 735 g/mol. The number of piperazine rings is 1. The molecule has 3 amide bonds. The van der Waals surface area contributed by atoms with Gasteiger partial charge in [0.1, 0.15) is 35.0 Å². The van der Waals surface area contributed by atoms with E-state index in [1.165, 1.54) is 34.1 Å². The third kappa shape index (κ3) is 7.58. The normalized spacial score (nSPS) is 19.5. The Balaban J connectivity index is 1.46. The number of carbonyl (C=O) groups is 3. The first-order valence-electron chi connectivity index (χ1n) is 16.9. The van der Waals surface area contributed by atoms with Gasteiger partial charge in [-0.3, -0.25) is 19.4 Å². The first-order valence-corrected chi connectivity index (χ1v) is 16.9. The highest BCUT2D eigenvalue weighted by molar-refractivity contribution is 6.05. The average molecular weight is 736 g/mol. The molecule has 2 aromatic heterocycles. The molecule has 53 heavy (non-hydrogen) atoms. The van der Waals surface area contributed by atoms with Gasteiger partial charge in [-0.2, -0.15) is 20.1 Å². The van der Waals surface area contributed by atoms with Gasteiger partial charge in [-0.25, -0.2) is 13.9 Å². The standard InChI is InChI=1S/C36H37F4N9O4/c1-5-47-32-29(28(22-11-13-23(37)14-12-22)30(33(47)51)42-31(50)26-15-16-48(43-26)36(38,39)40)27(44-49(32)24-9-7-6-8-10-24)21-45-17-18-46(20-25(45)19-41)34(52)53-35(2,3)4/h6-16,25,28,30H,5,17-18,20-21H2,1-4H3,(H,42,50)/t25-,28+,30+/m1/s1. The summed E-state index contributed by atoms with van der Waals surface area (Å²) in [5.74, 6) is -2.80. The maximum atomic E-state index is 14.5. The molecule has 2 aliphatic rings. The number of rotatable bonds is 7. The number of halogens is 4. The van der Waals surface area contributed by atoms with E-state index in [1.54, 1.807) is 56.6 Å². The number of amides is 3. The summed E-state index contributed by atoms with van der Waals surface area (Å²) in [5, 5.41) is 21.3. The number of anilines is 1. The van der Waals surface area contributed by atoms with Crippen LogP contribution >= 0.6 is 0 Å². The smallest absolute Gasteiger partial charge is 0.444 e. The van der Waals surface area contributed by atoms with Crippen LogP contribution in [0.4, 0.5) is 28.2 Å². The Bertz CT molecular complexity index is 2030. The second kappa shape index (κ2) is 14.3. The lowest BCUT2D eigenvalue weighted by Crippen LogP contribution is -2.56. The number of aromatic nitrogens is 4. The molecule has 0 spiro atoms. The molecule has 0 radical (unpaired) electrons. The fraction of sp³-hybridized carbons (Fsp3) is 0.389. The highest BCUT2D eigenvalue weighted by atomic mass is 19.4. The Morgan fingerprint density at radius 1 is 1.02 bits per heavy atom. The number of nitrogens with one attached hydrogen (secondary N) is 1. The predicted molar refractivity (Wildman–Crippen MR) is 182 cm³/mol. The second-order valence-electron chi connectivity index (χ2n) is 13.6. The van der Waals surface area contributed by atoms with Gasteiger partial charge in [0.05, 0.1) is 24.0 Å². The van der Waals surface area contributed by atoms with Gasteiger partial charge in [-0.1, -0.05) is 30.3 Å². The number of hydrogen-bond acceptors (Lipinski definition) is 8. The Morgan fingerprint density at radius 2 is 1.72 bits per heavy atom. The lowest BCUT2D eigenvalue weighted by atomic mass is 9.80. The minimum atomic E-state index is -4.87. The molecule has 4 heterocycles. The molecule has 6 rings (SSSR count). The third-order valence-electron chi connectivity index (χ3n) is 8.96. The number of alkyl halides is 3. The Kier molecular flexibility index (Phi) is 10.0. The number of fused-ring (bicyclic) bond motifs is 1. The molecule has 2 aromatic carbocycles. The highest BCUT2D eigenvalue weighted by Crippen LogP contribution is 2.44. The van der Waals surface area contributed by atoms with E-state index in [9.17, 15) is 37.2 Å². The molecule has 1 fully saturated rings. The molecule has 2 aliphatic heterocycles. The fourth-order valence-corrected chi connectivity index (χ4v) is 6.59. The van der Waals surface area contributed by atoms with Gasteiger partial charge in [0.2, 0.25) is 0 Å². The first kappa shape index (κ1) is 37.0.